The first kappa shape index (κ1) is 18.0. The van der Waals surface area contributed by atoms with Gasteiger partial charge >= 0.3 is 5.97 Å². The first-order valence-electron chi connectivity index (χ1n) is 7.47. The SMILES string of the molecule is CCC[C@@]1(C(=O)O)CN(C(=O)c2ccc(Cl)c(Cl)c2)CC[C@@H]1O. The average molecular weight is 360 g/mol. The van der Waals surface area contributed by atoms with E-state index in [1.54, 1.807) is 6.07 Å². The highest BCUT2D eigenvalue weighted by molar-refractivity contribution is 6.42. The van der Waals surface area contributed by atoms with Crippen LogP contribution in [0.3, 0.4) is 0 Å². The quantitative estimate of drug-likeness (QED) is 0.865. The summed E-state index contributed by atoms with van der Waals surface area (Å²) in [4.78, 5) is 25.8. The van der Waals surface area contributed by atoms with E-state index in [2.05, 4.69) is 0 Å². The van der Waals surface area contributed by atoms with Crippen LogP contribution in [0, 0.1) is 5.41 Å². The fourth-order valence-corrected chi connectivity index (χ4v) is 3.37. The number of aliphatic hydroxyl groups is 1. The van der Waals surface area contributed by atoms with Gasteiger partial charge in [-0.1, -0.05) is 36.5 Å². The number of carboxylic acids is 1. The lowest BCUT2D eigenvalue weighted by Gasteiger charge is -2.43. The van der Waals surface area contributed by atoms with Crippen LogP contribution in [0.15, 0.2) is 18.2 Å². The maximum Gasteiger partial charge on any atom is 0.314 e. The minimum absolute atomic E-state index is 0.0174. The maximum atomic E-state index is 12.6. The lowest BCUT2D eigenvalue weighted by Crippen LogP contribution is -2.57. The Balaban J connectivity index is 2.27. The Labute approximate surface area is 144 Å². The second-order valence-corrected chi connectivity index (χ2v) is 6.69. The Morgan fingerprint density at radius 2 is 2.04 bits per heavy atom. The van der Waals surface area contributed by atoms with Crippen molar-refractivity contribution in [3.05, 3.63) is 33.8 Å². The van der Waals surface area contributed by atoms with Crippen LogP contribution in [-0.4, -0.2) is 46.2 Å². The molecule has 1 aromatic carbocycles. The molecule has 0 aliphatic carbocycles. The molecule has 2 atom stereocenters. The molecule has 7 heteroatoms. The predicted octanol–water partition coefficient (Wildman–Crippen LogP) is 3.07. The zero-order chi connectivity index (χ0) is 17.2. The van der Waals surface area contributed by atoms with Crippen molar-refractivity contribution in [2.24, 2.45) is 5.41 Å². The summed E-state index contributed by atoms with van der Waals surface area (Å²) in [6, 6.07) is 4.57. The minimum atomic E-state index is -1.32. The highest BCUT2D eigenvalue weighted by Crippen LogP contribution is 2.36. The first-order valence-corrected chi connectivity index (χ1v) is 8.23. The van der Waals surface area contributed by atoms with E-state index in [4.69, 9.17) is 23.2 Å². The van der Waals surface area contributed by atoms with Gasteiger partial charge in [-0.15, -0.1) is 0 Å². The second kappa shape index (κ2) is 7.07. The lowest BCUT2D eigenvalue weighted by molar-refractivity contribution is -0.162. The van der Waals surface area contributed by atoms with E-state index in [1.807, 2.05) is 6.92 Å². The normalized spacial score (nSPS) is 24.5. The maximum absolute atomic E-state index is 12.6. The number of aliphatic carboxylic acids is 1. The van der Waals surface area contributed by atoms with E-state index in [0.717, 1.165) is 0 Å². The molecule has 2 rings (SSSR count). The van der Waals surface area contributed by atoms with Crippen LogP contribution >= 0.6 is 23.2 Å². The third kappa shape index (κ3) is 3.47. The number of carboxylic acid groups (broad SMARTS) is 1. The number of nitrogens with zero attached hydrogens (tertiary/aromatic N) is 1. The van der Waals surface area contributed by atoms with Gasteiger partial charge in [0.25, 0.3) is 5.91 Å². The summed E-state index contributed by atoms with van der Waals surface area (Å²) in [6.45, 7) is 2.15. The van der Waals surface area contributed by atoms with Crippen LogP contribution in [0.1, 0.15) is 36.5 Å². The molecule has 126 valence electrons. The molecule has 2 N–H and O–H groups in total. The predicted molar refractivity (Wildman–Crippen MR) is 88.0 cm³/mol. The van der Waals surface area contributed by atoms with Gasteiger partial charge in [-0.05, 0) is 31.0 Å². The van der Waals surface area contributed by atoms with Crippen LogP contribution in [0.4, 0.5) is 0 Å². The second-order valence-electron chi connectivity index (χ2n) is 5.87. The Kier molecular flexibility index (Phi) is 5.55. The van der Waals surface area contributed by atoms with Crippen molar-refractivity contribution in [1.29, 1.82) is 0 Å². The number of carbonyl (C=O) groups is 2. The van der Waals surface area contributed by atoms with Crippen molar-refractivity contribution in [3.8, 4) is 0 Å². The van der Waals surface area contributed by atoms with E-state index in [9.17, 15) is 19.8 Å². The zero-order valence-electron chi connectivity index (χ0n) is 12.8. The van der Waals surface area contributed by atoms with Gasteiger partial charge in [0.05, 0.1) is 16.1 Å². The van der Waals surface area contributed by atoms with Crippen LogP contribution in [0.2, 0.25) is 10.0 Å². The Morgan fingerprint density at radius 3 is 2.61 bits per heavy atom. The van der Waals surface area contributed by atoms with Gasteiger partial charge < -0.3 is 15.1 Å². The van der Waals surface area contributed by atoms with Gasteiger partial charge in [0.2, 0.25) is 0 Å². The number of piperidine rings is 1. The highest BCUT2D eigenvalue weighted by atomic mass is 35.5. The van der Waals surface area contributed by atoms with E-state index in [1.165, 1.54) is 17.0 Å². The zero-order valence-corrected chi connectivity index (χ0v) is 14.3. The Hall–Kier alpha value is -1.30. The molecule has 0 saturated carbocycles. The molecular formula is C16H19Cl2NO4. The molecule has 1 amide bonds. The molecular weight excluding hydrogens is 341 g/mol. The van der Waals surface area contributed by atoms with Gasteiger partial charge in [0.1, 0.15) is 5.41 Å². The smallest absolute Gasteiger partial charge is 0.314 e. The number of hydrogen-bond donors (Lipinski definition) is 2. The molecule has 0 unspecified atom stereocenters. The third-order valence-electron chi connectivity index (χ3n) is 4.36. The van der Waals surface area contributed by atoms with Crippen molar-refractivity contribution in [2.45, 2.75) is 32.3 Å². The highest BCUT2D eigenvalue weighted by Gasteiger charge is 2.49. The molecule has 1 aliphatic rings. The molecule has 1 aliphatic heterocycles. The number of aliphatic hydroxyl groups excluding tert-OH is 1. The monoisotopic (exact) mass is 359 g/mol. The van der Waals surface area contributed by atoms with E-state index in [0.29, 0.717) is 30.0 Å². The molecule has 0 radical (unpaired) electrons. The van der Waals surface area contributed by atoms with Crippen LogP contribution in [-0.2, 0) is 4.79 Å². The molecule has 1 heterocycles. The van der Waals surface area contributed by atoms with Crippen molar-refractivity contribution < 1.29 is 19.8 Å². The summed E-state index contributed by atoms with van der Waals surface area (Å²) in [6.07, 6.45) is 0.199. The van der Waals surface area contributed by atoms with E-state index in [-0.39, 0.29) is 23.9 Å². The standard InChI is InChI=1S/C16H19Cl2NO4/c1-2-6-16(15(22)23)9-19(7-5-13(16)20)14(21)10-3-4-11(17)12(18)8-10/h3-4,8,13,20H,2,5-7,9H2,1H3,(H,22,23)/t13-,16+/m0/s1. The molecule has 1 saturated heterocycles. The average Bonchev–Trinajstić information content (AvgIpc) is 2.51. The number of likely N-dealkylation sites (tertiary alicyclic amines) is 1. The summed E-state index contributed by atoms with van der Waals surface area (Å²) in [7, 11) is 0. The summed E-state index contributed by atoms with van der Waals surface area (Å²) in [5.74, 6) is -1.38. The molecule has 0 aromatic heterocycles. The Bertz CT molecular complexity index is 622. The molecule has 0 bridgehead atoms. The number of carbonyl (C=O) groups excluding carboxylic acids is 1. The number of rotatable bonds is 4. The minimum Gasteiger partial charge on any atom is -0.481 e. The molecule has 1 aromatic rings. The third-order valence-corrected chi connectivity index (χ3v) is 5.10. The number of hydrogen-bond acceptors (Lipinski definition) is 3. The molecule has 5 nitrogen and oxygen atoms in total. The largest absolute Gasteiger partial charge is 0.481 e. The number of halogens is 2. The van der Waals surface area contributed by atoms with Crippen molar-refractivity contribution in [2.75, 3.05) is 13.1 Å². The van der Waals surface area contributed by atoms with E-state index >= 15 is 0 Å². The fraction of sp³-hybridized carbons (Fsp3) is 0.500. The number of amides is 1. The Morgan fingerprint density at radius 1 is 1.35 bits per heavy atom. The number of benzene rings is 1. The van der Waals surface area contributed by atoms with Crippen molar-refractivity contribution in [1.82, 2.24) is 4.90 Å². The molecule has 23 heavy (non-hydrogen) atoms. The molecule has 1 fully saturated rings. The van der Waals surface area contributed by atoms with Crippen LogP contribution < -0.4 is 0 Å². The summed E-state index contributed by atoms with van der Waals surface area (Å²) in [5.41, 5.74) is -0.967. The molecule has 0 spiro atoms. The summed E-state index contributed by atoms with van der Waals surface area (Å²) >= 11 is 11.8. The first-order chi connectivity index (χ1) is 10.8. The summed E-state index contributed by atoms with van der Waals surface area (Å²) < 4.78 is 0. The van der Waals surface area contributed by atoms with Gasteiger partial charge in [-0.25, -0.2) is 0 Å². The van der Waals surface area contributed by atoms with Gasteiger partial charge in [-0.3, -0.25) is 9.59 Å². The van der Waals surface area contributed by atoms with E-state index < -0.39 is 17.5 Å². The summed E-state index contributed by atoms with van der Waals surface area (Å²) in [5, 5.41) is 20.4. The van der Waals surface area contributed by atoms with Gasteiger partial charge in [0.15, 0.2) is 0 Å². The fourth-order valence-electron chi connectivity index (χ4n) is 3.07. The topological polar surface area (TPSA) is 77.8 Å². The van der Waals surface area contributed by atoms with Crippen LogP contribution in [0.25, 0.3) is 0 Å². The van der Waals surface area contributed by atoms with Gasteiger partial charge in [-0.2, -0.15) is 0 Å². The van der Waals surface area contributed by atoms with Crippen molar-refractivity contribution >= 4 is 35.1 Å². The lowest BCUT2D eigenvalue weighted by atomic mass is 9.74. The van der Waals surface area contributed by atoms with Crippen molar-refractivity contribution in [3.63, 3.8) is 0 Å². The van der Waals surface area contributed by atoms with Crippen LogP contribution in [0.5, 0.6) is 0 Å². The van der Waals surface area contributed by atoms with Gasteiger partial charge in [0, 0.05) is 18.7 Å².